The molecule has 0 amide bonds. The third-order valence-electron chi connectivity index (χ3n) is 4.23. The maximum atomic E-state index is 11.6. The van der Waals surface area contributed by atoms with Crippen LogP contribution in [-0.4, -0.2) is 11.3 Å². The summed E-state index contributed by atoms with van der Waals surface area (Å²) in [5.74, 6) is 0. The zero-order chi connectivity index (χ0) is 14.7. The molecule has 1 N–H and O–H groups in total. The van der Waals surface area contributed by atoms with Crippen LogP contribution >= 0.6 is 0 Å². The lowest BCUT2D eigenvalue weighted by Gasteiger charge is -2.06. The van der Waals surface area contributed by atoms with Crippen LogP contribution in [0.25, 0.3) is 21.8 Å². The van der Waals surface area contributed by atoms with Crippen molar-refractivity contribution in [2.24, 2.45) is 0 Å². The molecule has 21 heavy (non-hydrogen) atoms. The molecule has 0 spiro atoms. The number of rotatable bonds is 6. The smallest absolute Gasteiger partial charge is 0.152 e. The van der Waals surface area contributed by atoms with Crippen LogP contribution in [0.4, 0.5) is 0 Å². The molecule has 0 bridgehead atoms. The first-order valence-corrected chi connectivity index (χ1v) is 7.82. The minimum Gasteiger partial charge on any atom is -0.354 e. The molecule has 0 aliphatic rings. The highest BCUT2D eigenvalue weighted by atomic mass is 16.1. The number of aromatic amines is 1. The summed E-state index contributed by atoms with van der Waals surface area (Å²) < 4.78 is 0. The topological polar surface area (TPSA) is 32.9 Å². The maximum absolute atomic E-state index is 11.6. The van der Waals surface area contributed by atoms with Gasteiger partial charge < -0.3 is 4.98 Å². The van der Waals surface area contributed by atoms with E-state index in [0.29, 0.717) is 0 Å². The number of benzene rings is 2. The Balaban J connectivity index is 2.02. The summed E-state index contributed by atoms with van der Waals surface area (Å²) in [6, 6.07) is 12.5. The van der Waals surface area contributed by atoms with Crippen molar-refractivity contribution in [2.75, 3.05) is 0 Å². The van der Waals surface area contributed by atoms with E-state index in [1.165, 1.54) is 30.2 Å². The second kappa shape index (κ2) is 6.13. The molecule has 108 valence electrons. The molecular weight excluding hydrogens is 258 g/mol. The van der Waals surface area contributed by atoms with Crippen molar-refractivity contribution in [3.63, 3.8) is 0 Å². The molecule has 0 saturated carbocycles. The van der Waals surface area contributed by atoms with Gasteiger partial charge in [0, 0.05) is 21.9 Å². The molecule has 1 heterocycles. The molecule has 0 fully saturated rings. The quantitative estimate of drug-likeness (QED) is 0.484. The Hall–Kier alpha value is -2.09. The molecule has 2 nitrogen and oxygen atoms in total. The van der Waals surface area contributed by atoms with Gasteiger partial charge in [-0.2, -0.15) is 0 Å². The molecule has 0 aliphatic heterocycles. The van der Waals surface area contributed by atoms with Crippen LogP contribution in [0.5, 0.6) is 0 Å². The average molecular weight is 279 g/mol. The summed E-state index contributed by atoms with van der Waals surface area (Å²) in [5.41, 5.74) is 4.08. The lowest BCUT2D eigenvalue weighted by Crippen LogP contribution is -1.94. The maximum Gasteiger partial charge on any atom is 0.152 e. The van der Waals surface area contributed by atoms with Crippen LogP contribution in [0.2, 0.25) is 0 Å². The van der Waals surface area contributed by atoms with Crippen LogP contribution in [0.1, 0.15) is 48.5 Å². The molecule has 0 aliphatic carbocycles. The number of carbonyl (C=O) groups is 1. The molecule has 2 heteroatoms. The Morgan fingerprint density at radius 2 is 1.86 bits per heavy atom. The number of unbranched alkanes of at least 4 members (excludes halogenated alkanes) is 3. The van der Waals surface area contributed by atoms with Crippen molar-refractivity contribution in [2.45, 2.75) is 39.0 Å². The number of aromatic nitrogens is 1. The fourth-order valence-electron chi connectivity index (χ4n) is 3.08. The summed E-state index contributed by atoms with van der Waals surface area (Å²) >= 11 is 0. The molecular formula is C19H21NO. The summed E-state index contributed by atoms with van der Waals surface area (Å²) in [5, 5.41) is 2.33. The Bertz CT molecular complexity index is 770. The number of aryl methyl sites for hydroxylation is 1. The van der Waals surface area contributed by atoms with Gasteiger partial charge in [0.15, 0.2) is 6.29 Å². The van der Waals surface area contributed by atoms with Crippen LogP contribution in [0.15, 0.2) is 36.4 Å². The van der Waals surface area contributed by atoms with Crippen molar-refractivity contribution in [3.05, 3.63) is 47.5 Å². The molecule has 0 atom stereocenters. The third-order valence-corrected chi connectivity index (χ3v) is 4.23. The highest BCUT2D eigenvalue weighted by molar-refractivity contribution is 6.12. The van der Waals surface area contributed by atoms with Crippen LogP contribution < -0.4 is 0 Å². The minimum atomic E-state index is 0.834. The van der Waals surface area contributed by atoms with Crippen LogP contribution in [0.3, 0.4) is 0 Å². The largest absolute Gasteiger partial charge is 0.354 e. The van der Waals surface area contributed by atoms with E-state index in [0.717, 1.165) is 41.1 Å². The van der Waals surface area contributed by atoms with E-state index in [9.17, 15) is 4.79 Å². The van der Waals surface area contributed by atoms with Gasteiger partial charge in [-0.05, 0) is 24.5 Å². The fraction of sp³-hybridized carbons (Fsp3) is 0.316. The zero-order valence-corrected chi connectivity index (χ0v) is 12.5. The molecule has 3 rings (SSSR count). The normalized spacial score (nSPS) is 11.3. The number of hydrogen-bond donors (Lipinski definition) is 1. The van der Waals surface area contributed by atoms with Crippen molar-refractivity contribution < 1.29 is 4.79 Å². The molecule has 0 saturated heterocycles. The van der Waals surface area contributed by atoms with Crippen LogP contribution in [0, 0.1) is 0 Å². The first-order valence-electron chi connectivity index (χ1n) is 7.82. The fourth-order valence-corrected chi connectivity index (χ4v) is 3.08. The van der Waals surface area contributed by atoms with E-state index < -0.39 is 0 Å². The van der Waals surface area contributed by atoms with E-state index in [1.54, 1.807) is 0 Å². The zero-order valence-electron chi connectivity index (χ0n) is 12.5. The molecule has 0 radical (unpaired) electrons. The van der Waals surface area contributed by atoms with Gasteiger partial charge in [-0.3, -0.25) is 4.79 Å². The summed E-state index contributed by atoms with van der Waals surface area (Å²) in [6.07, 6.45) is 6.89. The lowest BCUT2D eigenvalue weighted by molar-refractivity contribution is 0.112. The SMILES string of the molecule is CCCCCCc1ccc2c([nH]c3ccccc32)c1C=O. The number of H-pyrrole nitrogens is 1. The number of hydrogen-bond acceptors (Lipinski definition) is 1. The standard InChI is InChI=1S/C19H21NO/c1-2-3-4-5-8-14-11-12-16-15-9-6-7-10-18(15)20-19(16)17(14)13-21/h6-7,9-13,20H,2-5,8H2,1H3. The van der Waals surface area contributed by atoms with Crippen LogP contribution in [-0.2, 0) is 6.42 Å². The van der Waals surface area contributed by atoms with E-state index in [1.807, 2.05) is 12.1 Å². The predicted octanol–water partition coefficient (Wildman–Crippen LogP) is 5.26. The second-order valence-corrected chi connectivity index (χ2v) is 5.66. The van der Waals surface area contributed by atoms with E-state index >= 15 is 0 Å². The molecule has 2 aromatic carbocycles. The highest BCUT2D eigenvalue weighted by Gasteiger charge is 2.11. The number of aldehydes is 1. The average Bonchev–Trinajstić information content (AvgIpc) is 2.89. The van der Waals surface area contributed by atoms with Crippen molar-refractivity contribution in [1.82, 2.24) is 4.98 Å². The first-order chi connectivity index (χ1) is 10.3. The van der Waals surface area contributed by atoms with Gasteiger partial charge in [0.25, 0.3) is 0 Å². The molecule has 1 aromatic heterocycles. The third kappa shape index (κ3) is 2.58. The first kappa shape index (κ1) is 13.9. The Morgan fingerprint density at radius 3 is 2.67 bits per heavy atom. The summed E-state index contributed by atoms with van der Waals surface area (Å²) in [6.45, 7) is 2.22. The number of nitrogens with one attached hydrogen (secondary N) is 1. The number of para-hydroxylation sites is 1. The summed E-state index contributed by atoms with van der Waals surface area (Å²) in [4.78, 5) is 15.0. The van der Waals surface area contributed by atoms with Crippen molar-refractivity contribution in [1.29, 1.82) is 0 Å². The lowest BCUT2D eigenvalue weighted by atomic mass is 9.99. The number of fused-ring (bicyclic) bond motifs is 3. The van der Waals surface area contributed by atoms with Gasteiger partial charge >= 0.3 is 0 Å². The van der Waals surface area contributed by atoms with Crippen molar-refractivity contribution >= 4 is 28.1 Å². The van der Waals surface area contributed by atoms with Gasteiger partial charge in [0.2, 0.25) is 0 Å². The van der Waals surface area contributed by atoms with Gasteiger partial charge in [-0.1, -0.05) is 56.5 Å². The predicted molar refractivity (Wildman–Crippen MR) is 89.0 cm³/mol. The van der Waals surface area contributed by atoms with Gasteiger partial charge in [0.05, 0.1) is 5.52 Å². The summed E-state index contributed by atoms with van der Waals surface area (Å²) in [7, 11) is 0. The van der Waals surface area contributed by atoms with E-state index in [4.69, 9.17) is 0 Å². The monoisotopic (exact) mass is 279 g/mol. The Labute approximate surface area is 125 Å². The number of carbonyl (C=O) groups excluding carboxylic acids is 1. The minimum absolute atomic E-state index is 0.834. The molecule has 3 aromatic rings. The Morgan fingerprint density at radius 1 is 1.00 bits per heavy atom. The van der Waals surface area contributed by atoms with Gasteiger partial charge in [-0.25, -0.2) is 0 Å². The van der Waals surface area contributed by atoms with Gasteiger partial charge in [-0.15, -0.1) is 0 Å². The van der Waals surface area contributed by atoms with E-state index in [-0.39, 0.29) is 0 Å². The highest BCUT2D eigenvalue weighted by Crippen LogP contribution is 2.29. The van der Waals surface area contributed by atoms with Crippen molar-refractivity contribution in [3.8, 4) is 0 Å². The Kier molecular flexibility index (Phi) is 4.05. The van der Waals surface area contributed by atoms with Gasteiger partial charge in [0.1, 0.15) is 0 Å². The van der Waals surface area contributed by atoms with E-state index in [2.05, 4.69) is 36.2 Å². The second-order valence-electron chi connectivity index (χ2n) is 5.66. The molecule has 0 unspecified atom stereocenters.